The van der Waals surface area contributed by atoms with Gasteiger partial charge in [-0.2, -0.15) is 0 Å². The lowest BCUT2D eigenvalue weighted by molar-refractivity contribution is 0.0289. The van der Waals surface area contributed by atoms with E-state index in [1.54, 1.807) is 18.4 Å². The maximum absolute atomic E-state index is 6.07. The van der Waals surface area contributed by atoms with Gasteiger partial charge in [-0.3, -0.25) is 0 Å². The largest absolute Gasteiger partial charge is 0.496 e. The number of aliphatic imine (C=N–C) groups is 1. The quantitative estimate of drug-likeness (QED) is 0.652. The summed E-state index contributed by atoms with van der Waals surface area (Å²) in [5.41, 5.74) is 7.98. The van der Waals surface area contributed by atoms with E-state index in [2.05, 4.69) is 10.3 Å². The highest BCUT2D eigenvalue weighted by atomic mass is 32.1. The number of hydrogen-bond acceptors (Lipinski definition) is 5. The average molecular weight is 331 g/mol. The molecule has 3 rings (SSSR count). The van der Waals surface area contributed by atoms with Crippen LogP contribution in [-0.2, 0) is 11.2 Å². The molecule has 2 aromatic rings. The molecule has 3 N–H and O–H groups in total. The highest BCUT2D eigenvalue weighted by Gasteiger charge is 2.16. The summed E-state index contributed by atoms with van der Waals surface area (Å²) < 4.78 is 11.2. The first kappa shape index (κ1) is 16.0. The van der Waals surface area contributed by atoms with Crippen molar-refractivity contribution in [1.29, 1.82) is 0 Å². The number of nitrogens with zero attached hydrogens (tertiary/aromatic N) is 1. The summed E-state index contributed by atoms with van der Waals surface area (Å²) >= 11 is 1.58. The summed E-state index contributed by atoms with van der Waals surface area (Å²) in [6.45, 7) is 2.51. The molecule has 0 amide bonds. The van der Waals surface area contributed by atoms with Crippen LogP contribution < -0.4 is 15.8 Å². The Kier molecular flexibility index (Phi) is 5.27. The number of rotatable bonds is 5. The van der Waals surface area contributed by atoms with E-state index in [-0.39, 0.29) is 6.10 Å². The van der Waals surface area contributed by atoms with Gasteiger partial charge in [0.25, 0.3) is 0 Å². The zero-order valence-corrected chi connectivity index (χ0v) is 13.9. The number of nitrogens with one attached hydrogen (secondary N) is 1. The molecule has 0 aliphatic carbocycles. The highest BCUT2D eigenvalue weighted by molar-refractivity contribution is 7.12. The first-order chi connectivity index (χ1) is 11.3. The summed E-state index contributed by atoms with van der Waals surface area (Å²) in [6.07, 6.45) is 0.949. The van der Waals surface area contributed by atoms with Crippen LogP contribution in [0, 0.1) is 0 Å². The fourth-order valence-electron chi connectivity index (χ4n) is 2.61. The molecule has 1 atom stereocenters. The van der Waals surface area contributed by atoms with Gasteiger partial charge in [-0.15, -0.1) is 11.3 Å². The van der Waals surface area contributed by atoms with Gasteiger partial charge in [-0.1, -0.05) is 6.07 Å². The Morgan fingerprint density at radius 2 is 2.39 bits per heavy atom. The predicted molar refractivity (Wildman–Crippen MR) is 94.0 cm³/mol. The predicted octanol–water partition coefficient (Wildman–Crippen LogP) is 2.32. The van der Waals surface area contributed by atoms with E-state index < -0.39 is 0 Å². The number of ether oxygens (including phenoxy) is 2. The topological polar surface area (TPSA) is 68.9 Å². The summed E-state index contributed by atoms with van der Waals surface area (Å²) in [7, 11) is 1.68. The Morgan fingerprint density at radius 3 is 3.09 bits per heavy atom. The minimum Gasteiger partial charge on any atom is -0.496 e. The molecule has 0 radical (unpaired) electrons. The van der Waals surface area contributed by atoms with Crippen LogP contribution in [0.15, 0.2) is 40.7 Å². The molecule has 1 aliphatic heterocycles. The second kappa shape index (κ2) is 7.59. The molecule has 1 fully saturated rings. The molecule has 23 heavy (non-hydrogen) atoms. The SMILES string of the molecule is COc1ccc(N=C(N)c2cccs2)cc1CC1CNCCO1. The molecule has 0 bridgehead atoms. The number of methoxy groups -OCH3 is 1. The van der Waals surface area contributed by atoms with E-state index in [1.807, 2.05) is 35.7 Å². The van der Waals surface area contributed by atoms with Crippen molar-refractivity contribution >= 4 is 22.9 Å². The zero-order valence-electron chi connectivity index (χ0n) is 13.1. The fraction of sp³-hybridized carbons (Fsp3) is 0.353. The van der Waals surface area contributed by atoms with Gasteiger partial charge in [0.1, 0.15) is 11.6 Å². The summed E-state index contributed by atoms with van der Waals surface area (Å²) in [5, 5.41) is 5.34. The van der Waals surface area contributed by atoms with Crippen LogP contribution in [0.25, 0.3) is 0 Å². The summed E-state index contributed by atoms with van der Waals surface area (Å²) in [4.78, 5) is 5.50. The third-order valence-electron chi connectivity index (χ3n) is 3.74. The minimum atomic E-state index is 0.159. The summed E-state index contributed by atoms with van der Waals surface area (Å²) in [6, 6.07) is 9.82. The Morgan fingerprint density at radius 1 is 1.48 bits per heavy atom. The smallest absolute Gasteiger partial charge is 0.141 e. The van der Waals surface area contributed by atoms with Crippen LogP contribution >= 0.6 is 11.3 Å². The first-order valence-corrected chi connectivity index (χ1v) is 8.51. The van der Waals surface area contributed by atoms with Gasteiger partial charge in [-0.05, 0) is 35.2 Å². The average Bonchev–Trinajstić information content (AvgIpc) is 3.11. The maximum atomic E-state index is 6.07. The molecule has 6 heteroatoms. The third kappa shape index (κ3) is 4.10. The van der Waals surface area contributed by atoms with Gasteiger partial charge in [0.2, 0.25) is 0 Å². The first-order valence-electron chi connectivity index (χ1n) is 7.63. The van der Waals surface area contributed by atoms with Crippen molar-refractivity contribution in [2.45, 2.75) is 12.5 Å². The number of hydrogen-bond donors (Lipinski definition) is 2. The van der Waals surface area contributed by atoms with Crippen LogP contribution in [-0.4, -0.2) is 38.7 Å². The molecule has 122 valence electrons. The lowest BCUT2D eigenvalue weighted by atomic mass is 10.0. The van der Waals surface area contributed by atoms with Gasteiger partial charge in [0, 0.05) is 19.5 Å². The molecule has 5 nitrogen and oxygen atoms in total. The molecule has 1 aromatic carbocycles. The van der Waals surface area contributed by atoms with E-state index in [9.17, 15) is 0 Å². The second-order valence-corrected chi connectivity index (χ2v) is 6.32. The Hall–Kier alpha value is -1.89. The monoisotopic (exact) mass is 331 g/mol. The van der Waals surface area contributed by atoms with Crippen LogP contribution in [0.4, 0.5) is 5.69 Å². The number of amidine groups is 1. The lowest BCUT2D eigenvalue weighted by Gasteiger charge is -2.24. The Balaban J connectivity index is 1.82. The summed E-state index contributed by atoms with van der Waals surface area (Å²) in [5.74, 6) is 1.39. The van der Waals surface area contributed by atoms with Crippen LogP contribution in [0.5, 0.6) is 5.75 Å². The molecule has 1 unspecified atom stereocenters. The molecule has 0 spiro atoms. The minimum absolute atomic E-state index is 0.159. The van der Waals surface area contributed by atoms with Crippen molar-refractivity contribution in [1.82, 2.24) is 5.32 Å². The van der Waals surface area contributed by atoms with Gasteiger partial charge in [-0.25, -0.2) is 4.99 Å². The van der Waals surface area contributed by atoms with Gasteiger partial charge in [0.05, 0.1) is 30.4 Å². The Labute approximate surface area is 140 Å². The lowest BCUT2D eigenvalue weighted by Crippen LogP contribution is -2.39. The van der Waals surface area contributed by atoms with Crippen LogP contribution in [0.3, 0.4) is 0 Å². The van der Waals surface area contributed by atoms with E-state index in [0.29, 0.717) is 5.84 Å². The molecule has 1 aromatic heterocycles. The number of nitrogens with two attached hydrogens (primary N) is 1. The van der Waals surface area contributed by atoms with Crippen molar-refractivity contribution in [2.24, 2.45) is 10.7 Å². The van der Waals surface area contributed by atoms with Crippen molar-refractivity contribution in [2.75, 3.05) is 26.8 Å². The van der Waals surface area contributed by atoms with E-state index in [0.717, 1.165) is 48.0 Å². The fourth-order valence-corrected chi connectivity index (χ4v) is 3.24. The van der Waals surface area contributed by atoms with Crippen LogP contribution in [0.1, 0.15) is 10.4 Å². The van der Waals surface area contributed by atoms with Gasteiger partial charge in [0.15, 0.2) is 0 Å². The van der Waals surface area contributed by atoms with E-state index in [1.165, 1.54) is 0 Å². The van der Waals surface area contributed by atoms with E-state index in [4.69, 9.17) is 15.2 Å². The molecular weight excluding hydrogens is 310 g/mol. The second-order valence-electron chi connectivity index (χ2n) is 5.37. The molecule has 1 saturated heterocycles. The van der Waals surface area contributed by atoms with Crippen molar-refractivity contribution < 1.29 is 9.47 Å². The standard InChI is InChI=1S/C17H21N3O2S/c1-21-15-5-4-13(20-17(18)16-3-2-8-23-16)9-12(15)10-14-11-19-6-7-22-14/h2-5,8-9,14,19H,6-7,10-11H2,1H3,(H2,18,20). The normalized spacial score (nSPS) is 18.8. The third-order valence-corrected chi connectivity index (χ3v) is 4.63. The number of morpholine rings is 1. The van der Waals surface area contributed by atoms with Crippen molar-refractivity contribution in [3.05, 3.63) is 46.2 Å². The molecule has 2 heterocycles. The zero-order chi connectivity index (χ0) is 16.1. The van der Waals surface area contributed by atoms with Crippen molar-refractivity contribution in [3.63, 3.8) is 0 Å². The van der Waals surface area contributed by atoms with Gasteiger partial charge < -0.3 is 20.5 Å². The Bertz CT molecular complexity index is 664. The van der Waals surface area contributed by atoms with E-state index >= 15 is 0 Å². The highest BCUT2D eigenvalue weighted by Crippen LogP contribution is 2.27. The van der Waals surface area contributed by atoms with Crippen LogP contribution in [0.2, 0.25) is 0 Å². The molecule has 0 saturated carbocycles. The number of thiophene rings is 1. The van der Waals surface area contributed by atoms with Crippen molar-refractivity contribution in [3.8, 4) is 5.75 Å². The number of benzene rings is 1. The molecule has 1 aliphatic rings. The maximum Gasteiger partial charge on any atom is 0.141 e. The molecular formula is C17H21N3O2S. The van der Waals surface area contributed by atoms with Gasteiger partial charge >= 0.3 is 0 Å².